The molecule has 0 saturated heterocycles. The Bertz CT molecular complexity index is 3600. The van der Waals surface area contributed by atoms with E-state index in [2.05, 4.69) is 149 Å². The summed E-state index contributed by atoms with van der Waals surface area (Å²) in [7, 11) is 0. The lowest BCUT2D eigenvalue weighted by Gasteiger charge is -2.12. The molecule has 0 bridgehead atoms. The Balaban J connectivity index is 0.923. The SMILES string of the molecule is c1ccc(-c2cc(-c3ccc(-n4c5ccccc5c5c6c7ccccc7n(-c7ccc(-c8nc(-c9ccccc9)nc(-c9ccccc9)n8)cc7)c6ccc54)cc3)nc(-c3ccccc3)n2)cc1. The maximum atomic E-state index is 5.10. The monoisotopic (exact) mass is 869 g/mol. The number of benzene rings is 9. The van der Waals surface area contributed by atoms with Crippen LogP contribution in [0.1, 0.15) is 0 Å². The van der Waals surface area contributed by atoms with E-state index >= 15 is 0 Å². The first-order valence-corrected chi connectivity index (χ1v) is 22.8. The lowest BCUT2D eigenvalue weighted by Crippen LogP contribution is -2.00. The summed E-state index contributed by atoms with van der Waals surface area (Å²) >= 11 is 0. The fourth-order valence-electron chi connectivity index (χ4n) is 9.62. The van der Waals surface area contributed by atoms with E-state index in [1.54, 1.807) is 0 Å². The molecular formula is C61H39N7. The molecule has 0 atom stereocenters. The summed E-state index contributed by atoms with van der Waals surface area (Å²) in [4.78, 5) is 25.0. The van der Waals surface area contributed by atoms with Gasteiger partial charge in [-0.05, 0) is 66.7 Å². The van der Waals surface area contributed by atoms with Gasteiger partial charge < -0.3 is 9.13 Å². The molecule has 0 radical (unpaired) electrons. The second-order valence-electron chi connectivity index (χ2n) is 16.9. The second-order valence-corrected chi connectivity index (χ2v) is 16.9. The van der Waals surface area contributed by atoms with E-state index in [9.17, 15) is 0 Å². The molecule has 13 rings (SSSR count). The number of hydrogen-bond donors (Lipinski definition) is 0. The van der Waals surface area contributed by atoms with Crippen molar-refractivity contribution in [3.05, 3.63) is 237 Å². The summed E-state index contributed by atoms with van der Waals surface area (Å²) in [6.45, 7) is 0. The first kappa shape index (κ1) is 39.1. The van der Waals surface area contributed by atoms with Crippen molar-refractivity contribution in [1.29, 1.82) is 0 Å². The van der Waals surface area contributed by atoms with Gasteiger partial charge in [-0.1, -0.05) is 170 Å². The molecule has 318 valence electrons. The summed E-state index contributed by atoms with van der Waals surface area (Å²) < 4.78 is 4.77. The van der Waals surface area contributed by atoms with Crippen LogP contribution in [-0.4, -0.2) is 34.1 Å². The topological polar surface area (TPSA) is 74.3 Å². The van der Waals surface area contributed by atoms with Gasteiger partial charge in [0, 0.05) is 66.3 Å². The normalized spacial score (nSPS) is 11.5. The van der Waals surface area contributed by atoms with Gasteiger partial charge in [0.2, 0.25) is 0 Å². The molecule has 0 N–H and O–H groups in total. The Morgan fingerprint density at radius 3 is 0.956 bits per heavy atom. The van der Waals surface area contributed by atoms with E-state index in [1.807, 2.05) is 97.1 Å². The van der Waals surface area contributed by atoms with E-state index in [4.69, 9.17) is 24.9 Å². The largest absolute Gasteiger partial charge is 0.309 e. The fourth-order valence-corrected chi connectivity index (χ4v) is 9.62. The zero-order valence-corrected chi connectivity index (χ0v) is 36.6. The highest BCUT2D eigenvalue weighted by Crippen LogP contribution is 2.43. The zero-order chi connectivity index (χ0) is 45.0. The minimum absolute atomic E-state index is 0.625. The second kappa shape index (κ2) is 16.3. The molecule has 0 aliphatic heterocycles. The number of rotatable bonds is 8. The summed E-state index contributed by atoms with van der Waals surface area (Å²) in [6.07, 6.45) is 0. The van der Waals surface area contributed by atoms with Crippen molar-refractivity contribution < 1.29 is 0 Å². The van der Waals surface area contributed by atoms with Crippen LogP contribution in [0, 0.1) is 0 Å². The van der Waals surface area contributed by atoms with Crippen LogP contribution in [0.15, 0.2) is 237 Å². The Labute approximate surface area is 392 Å². The Morgan fingerprint density at radius 1 is 0.235 bits per heavy atom. The minimum Gasteiger partial charge on any atom is -0.309 e. The van der Waals surface area contributed by atoms with E-state index in [0.717, 1.165) is 78.2 Å². The summed E-state index contributed by atoms with van der Waals surface area (Å²) in [5.74, 6) is 2.60. The smallest absolute Gasteiger partial charge is 0.164 e. The van der Waals surface area contributed by atoms with Crippen molar-refractivity contribution in [2.24, 2.45) is 0 Å². The Kier molecular flexibility index (Phi) is 9.35. The van der Waals surface area contributed by atoms with Crippen LogP contribution >= 0.6 is 0 Å². The molecule has 0 saturated carbocycles. The van der Waals surface area contributed by atoms with E-state index in [1.165, 1.54) is 21.5 Å². The average molecular weight is 870 g/mol. The molecule has 0 spiro atoms. The van der Waals surface area contributed by atoms with Crippen LogP contribution in [0.4, 0.5) is 0 Å². The third-order valence-electron chi connectivity index (χ3n) is 12.8. The quantitative estimate of drug-likeness (QED) is 0.152. The molecule has 4 heterocycles. The summed E-state index contributed by atoms with van der Waals surface area (Å²) in [6, 6.07) is 82.2. The van der Waals surface area contributed by atoms with Crippen molar-refractivity contribution >= 4 is 43.6 Å². The van der Waals surface area contributed by atoms with Crippen LogP contribution in [0.25, 0.3) is 123 Å². The minimum atomic E-state index is 0.625. The molecule has 0 amide bonds. The van der Waals surface area contributed by atoms with Crippen molar-refractivity contribution in [2.75, 3.05) is 0 Å². The molecule has 7 nitrogen and oxygen atoms in total. The van der Waals surface area contributed by atoms with Gasteiger partial charge in [0.1, 0.15) is 0 Å². The van der Waals surface area contributed by atoms with Crippen LogP contribution in [-0.2, 0) is 0 Å². The number of aromatic nitrogens is 7. The average Bonchev–Trinajstić information content (AvgIpc) is 3.94. The van der Waals surface area contributed by atoms with Gasteiger partial charge in [-0.3, -0.25) is 0 Å². The molecular weight excluding hydrogens is 831 g/mol. The van der Waals surface area contributed by atoms with E-state index < -0.39 is 0 Å². The van der Waals surface area contributed by atoms with Gasteiger partial charge in [-0.25, -0.2) is 24.9 Å². The molecule has 4 aromatic heterocycles. The predicted octanol–water partition coefficient (Wildman–Crippen LogP) is 14.9. The molecule has 7 heteroatoms. The Morgan fingerprint density at radius 2 is 0.544 bits per heavy atom. The van der Waals surface area contributed by atoms with Crippen LogP contribution in [0.5, 0.6) is 0 Å². The van der Waals surface area contributed by atoms with Crippen molar-refractivity contribution in [1.82, 2.24) is 34.1 Å². The van der Waals surface area contributed by atoms with Crippen molar-refractivity contribution in [3.8, 4) is 79.4 Å². The number of nitrogens with zero attached hydrogens (tertiary/aromatic N) is 7. The number of fused-ring (bicyclic) bond motifs is 7. The third kappa shape index (κ3) is 6.72. The molecule has 0 aliphatic carbocycles. The van der Waals surface area contributed by atoms with Crippen LogP contribution in [0.3, 0.4) is 0 Å². The van der Waals surface area contributed by atoms with Crippen LogP contribution < -0.4 is 0 Å². The summed E-state index contributed by atoms with van der Waals surface area (Å²) in [5, 5.41) is 4.83. The van der Waals surface area contributed by atoms with Crippen molar-refractivity contribution in [3.63, 3.8) is 0 Å². The van der Waals surface area contributed by atoms with Gasteiger partial charge in [0.25, 0.3) is 0 Å². The number of para-hydroxylation sites is 2. The highest BCUT2D eigenvalue weighted by Gasteiger charge is 2.21. The van der Waals surface area contributed by atoms with E-state index in [0.29, 0.717) is 23.3 Å². The maximum absolute atomic E-state index is 5.10. The van der Waals surface area contributed by atoms with Gasteiger partial charge in [-0.2, -0.15) is 0 Å². The molecule has 68 heavy (non-hydrogen) atoms. The van der Waals surface area contributed by atoms with Gasteiger partial charge in [0.15, 0.2) is 23.3 Å². The highest BCUT2D eigenvalue weighted by atomic mass is 15.0. The maximum Gasteiger partial charge on any atom is 0.164 e. The van der Waals surface area contributed by atoms with Crippen LogP contribution in [0.2, 0.25) is 0 Å². The summed E-state index contributed by atoms with van der Waals surface area (Å²) in [5.41, 5.74) is 14.3. The first-order chi connectivity index (χ1) is 33.7. The first-order valence-electron chi connectivity index (χ1n) is 22.8. The molecule has 0 fully saturated rings. The fraction of sp³-hybridized carbons (Fsp3) is 0. The van der Waals surface area contributed by atoms with Gasteiger partial charge in [-0.15, -0.1) is 0 Å². The van der Waals surface area contributed by atoms with Gasteiger partial charge >= 0.3 is 0 Å². The Hall–Kier alpha value is -9.33. The highest BCUT2D eigenvalue weighted by molar-refractivity contribution is 6.28. The molecule has 0 unspecified atom stereocenters. The van der Waals surface area contributed by atoms with E-state index in [-0.39, 0.29) is 0 Å². The standard InChI is InChI=1S/C61H39N7/c1-5-17-40(18-6-1)50-39-51(63-58(62-50)42-19-7-2-8-20-42)41-29-33-46(34-30-41)67-52-27-15-13-25-48(52)56-54(67)37-38-55-57(56)49-26-14-16-28-53(49)68(55)47-35-31-45(32-36-47)61-65-59(43-21-9-3-10-22-43)64-60(66-61)44-23-11-4-12-24-44/h1-39H. The number of hydrogen-bond acceptors (Lipinski definition) is 5. The van der Waals surface area contributed by atoms with Gasteiger partial charge in [0.05, 0.1) is 33.5 Å². The molecule has 0 aliphatic rings. The zero-order valence-electron chi connectivity index (χ0n) is 36.6. The predicted molar refractivity (Wildman–Crippen MR) is 277 cm³/mol. The lowest BCUT2D eigenvalue weighted by molar-refractivity contribution is 1.07. The molecule has 9 aromatic carbocycles. The lowest BCUT2D eigenvalue weighted by atomic mass is 10.1. The molecule has 13 aromatic rings. The third-order valence-corrected chi connectivity index (χ3v) is 12.8. The van der Waals surface area contributed by atoms with Crippen molar-refractivity contribution in [2.45, 2.75) is 0 Å².